The molecule has 200 valence electrons. The van der Waals surface area contributed by atoms with Crippen LogP contribution < -0.4 is 10.2 Å². The number of hydrogen-bond donors (Lipinski definition) is 3. The predicted octanol–water partition coefficient (Wildman–Crippen LogP) is 4.37. The number of phenols is 1. The number of fused-ring (bicyclic) bond motifs is 1. The van der Waals surface area contributed by atoms with Gasteiger partial charge in [0.1, 0.15) is 11.3 Å². The van der Waals surface area contributed by atoms with Gasteiger partial charge in [0.05, 0.1) is 17.5 Å². The van der Waals surface area contributed by atoms with E-state index in [4.69, 9.17) is 0 Å². The minimum Gasteiger partial charge on any atom is -0.508 e. The van der Waals surface area contributed by atoms with Crippen molar-refractivity contribution in [1.29, 1.82) is 0 Å². The van der Waals surface area contributed by atoms with E-state index < -0.39 is 35.3 Å². The fourth-order valence-corrected chi connectivity index (χ4v) is 6.08. The minimum absolute atomic E-state index is 0.0254. The van der Waals surface area contributed by atoms with Crippen LogP contribution in [0, 0.1) is 11.8 Å². The Morgan fingerprint density at radius 1 is 0.923 bits per heavy atom. The number of phenolic OH excluding ortho intramolecular Hbond substituents is 1. The van der Waals surface area contributed by atoms with E-state index in [1.807, 2.05) is 68.5 Å². The van der Waals surface area contributed by atoms with Crippen LogP contribution in [0.5, 0.6) is 5.75 Å². The van der Waals surface area contributed by atoms with Crippen molar-refractivity contribution >= 4 is 29.5 Å². The number of aryl methyl sites for hydroxylation is 2. The van der Waals surface area contributed by atoms with E-state index in [9.17, 15) is 24.6 Å². The molecule has 5 rings (SSSR count). The number of carbonyl (C=O) groups is 3. The van der Waals surface area contributed by atoms with Crippen LogP contribution in [0.3, 0.4) is 0 Å². The van der Waals surface area contributed by atoms with Gasteiger partial charge in [-0.25, -0.2) is 4.90 Å². The second kappa shape index (κ2) is 10.5. The molecule has 3 aromatic rings. The SMILES string of the molecule is CCc1cccc(CC)c1N1C(=O)C2C(/C=C/c3ccccc3)NC(Cc3ccc(O)cc3)(C(=O)O)C2C1=O. The van der Waals surface area contributed by atoms with Crippen LogP contribution in [-0.4, -0.2) is 39.6 Å². The lowest BCUT2D eigenvalue weighted by Gasteiger charge is -2.31. The molecule has 2 saturated heterocycles. The number of nitrogens with zero attached hydrogens (tertiary/aromatic N) is 1. The number of carbonyl (C=O) groups excluding carboxylic acids is 2. The summed E-state index contributed by atoms with van der Waals surface area (Å²) in [6.07, 6.45) is 4.88. The van der Waals surface area contributed by atoms with Gasteiger partial charge in [-0.05, 0) is 47.2 Å². The lowest BCUT2D eigenvalue weighted by molar-refractivity contribution is -0.148. The van der Waals surface area contributed by atoms with Gasteiger partial charge in [-0.1, -0.05) is 86.7 Å². The molecule has 0 radical (unpaired) electrons. The number of aromatic hydroxyl groups is 1. The summed E-state index contributed by atoms with van der Waals surface area (Å²) in [5.41, 5.74) is 2.15. The lowest BCUT2D eigenvalue weighted by Crippen LogP contribution is -2.58. The summed E-state index contributed by atoms with van der Waals surface area (Å²) in [6.45, 7) is 3.95. The highest BCUT2D eigenvalue weighted by molar-refractivity contribution is 6.25. The van der Waals surface area contributed by atoms with Crippen molar-refractivity contribution < 1.29 is 24.6 Å². The van der Waals surface area contributed by atoms with Crippen molar-refractivity contribution in [2.75, 3.05) is 4.90 Å². The number of imide groups is 1. The molecule has 0 aliphatic carbocycles. The number of para-hydroxylation sites is 1. The Kier molecular flexibility index (Phi) is 7.10. The lowest BCUT2D eigenvalue weighted by atomic mass is 9.76. The zero-order valence-electron chi connectivity index (χ0n) is 22.0. The maximum Gasteiger partial charge on any atom is 0.325 e. The molecule has 3 N–H and O–H groups in total. The highest BCUT2D eigenvalue weighted by atomic mass is 16.4. The molecule has 2 aliphatic heterocycles. The van der Waals surface area contributed by atoms with Gasteiger partial charge >= 0.3 is 5.97 Å². The molecule has 0 saturated carbocycles. The van der Waals surface area contributed by atoms with Crippen LogP contribution in [0.15, 0.2) is 78.9 Å². The first-order valence-electron chi connectivity index (χ1n) is 13.3. The van der Waals surface area contributed by atoms with Crippen LogP contribution in [-0.2, 0) is 33.6 Å². The van der Waals surface area contributed by atoms with Gasteiger partial charge in [-0.2, -0.15) is 0 Å². The molecule has 7 nitrogen and oxygen atoms in total. The van der Waals surface area contributed by atoms with E-state index in [1.165, 1.54) is 17.0 Å². The van der Waals surface area contributed by atoms with Crippen LogP contribution in [0.4, 0.5) is 5.69 Å². The van der Waals surface area contributed by atoms with Gasteiger partial charge in [0.25, 0.3) is 0 Å². The first kappa shape index (κ1) is 26.4. The fourth-order valence-electron chi connectivity index (χ4n) is 6.08. The van der Waals surface area contributed by atoms with Gasteiger partial charge in [-0.15, -0.1) is 0 Å². The molecule has 0 bridgehead atoms. The number of nitrogens with one attached hydrogen (secondary N) is 1. The Bertz CT molecular complexity index is 1410. The second-order valence-electron chi connectivity index (χ2n) is 10.2. The molecule has 7 heteroatoms. The van der Waals surface area contributed by atoms with Gasteiger partial charge in [0.15, 0.2) is 0 Å². The van der Waals surface area contributed by atoms with Crippen molar-refractivity contribution in [2.24, 2.45) is 11.8 Å². The van der Waals surface area contributed by atoms with Crippen molar-refractivity contribution in [3.63, 3.8) is 0 Å². The number of carboxylic acids is 1. The van der Waals surface area contributed by atoms with Crippen LogP contribution in [0.1, 0.15) is 36.1 Å². The molecule has 4 unspecified atom stereocenters. The summed E-state index contributed by atoms with van der Waals surface area (Å²) in [5.74, 6) is -4.01. The van der Waals surface area contributed by atoms with E-state index in [0.717, 1.165) is 16.7 Å². The van der Waals surface area contributed by atoms with Crippen molar-refractivity contribution in [3.05, 3.63) is 101 Å². The smallest absolute Gasteiger partial charge is 0.325 e. The summed E-state index contributed by atoms with van der Waals surface area (Å²) < 4.78 is 0. The Morgan fingerprint density at radius 3 is 2.15 bits per heavy atom. The van der Waals surface area contributed by atoms with Crippen molar-refractivity contribution in [2.45, 2.75) is 44.7 Å². The summed E-state index contributed by atoms with van der Waals surface area (Å²) in [5, 5.41) is 23.6. The van der Waals surface area contributed by atoms with E-state index in [1.54, 1.807) is 18.2 Å². The minimum atomic E-state index is -1.72. The van der Waals surface area contributed by atoms with E-state index in [2.05, 4.69) is 5.32 Å². The fraction of sp³-hybridized carbons (Fsp3) is 0.281. The monoisotopic (exact) mass is 524 g/mol. The molecule has 0 aromatic heterocycles. The number of carboxylic acid groups (broad SMARTS) is 1. The van der Waals surface area contributed by atoms with Gasteiger partial charge in [0.2, 0.25) is 11.8 Å². The summed E-state index contributed by atoms with van der Waals surface area (Å²) in [6, 6.07) is 20.9. The zero-order chi connectivity index (χ0) is 27.7. The first-order chi connectivity index (χ1) is 18.8. The third-order valence-electron chi connectivity index (χ3n) is 7.98. The zero-order valence-corrected chi connectivity index (χ0v) is 22.0. The topological polar surface area (TPSA) is 107 Å². The summed E-state index contributed by atoms with van der Waals surface area (Å²) in [4.78, 5) is 42.8. The number of anilines is 1. The van der Waals surface area contributed by atoms with E-state index in [0.29, 0.717) is 24.1 Å². The maximum atomic E-state index is 14.3. The molecular weight excluding hydrogens is 492 g/mol. The van der Waals surface area contributed by atoms with E-state index in [-0.39, 0.29) is 18.1 Å². The van der Waals surface area contributed by atoms with Gasteiger partial charge in [-0.3, -0.25) is 19.7 Å². The number of hydrogen-bond acceptors (Lipinski definition) is 5. The molecule has 2 heterocycles. The van der Waals surface area contributed by atoms with Gasteiger partial charge in [0, 0.05) is 12.5 Å². The number of benzene rings is 3. The normalized spacial score (nSPS) is 24.5. The molecule has 39 heavy (non-hydrogen) atoms. The molecule has 2 fully saturated rings. The summed E-state index contributed by atoms with van der Waals surface area (Å²) in [7, 11) is 0. The molecule has 2 amide bonds. The van der Waals surface area contributed by atoms with Crippen LogP contribution in [0.2, 0.25) is 0 Å². The highest BCUT2D eigenvalue weighted by Crippen LogP contribution is 2.47. The Labute approximate surface area is 227 Å². The number of aliphatic carboxylic acids is 1. The Balaban J connectivity index is 1.64. The average molecular weight is 525 g/mol. The predicted molar refractivity (Wildman–Crippen MR) is 149 cm³/mol. The molecule has 0 spiro atoms. The Hall–Kier alpha value is -4.23. The quantitative estimate of drug-likeness (QED) is 0.378. The van der Waals surface area contributed by atoms with Crippen molar-refractivity contribution in [1.82, 2.24) is 5.32 Å². The largest absolute Gasteiger partial charge is 0.508 e. The van der Waals surface area contributed by atoms with E-state index >= 15 is 0 Å². The van der Waals surface area contributed by atoms with Crippen LogP contribution in [0.25, 0.3) is 6.08 Å². The van der Waals surface area contributed by atoms with Gasteiger partial charge < -0.3 is 10.2 Å². The number of rotatable bonds is 8. The maximum absolute atomic E-state index is 14.3. The first-order valence-corrected chi connectivity index (χ1v) is 13.3. The summed E-state index contributed by atoms with van der Waals surface area (Å²) >= 11 is 0. The highest BCUT2D eigenvalue weighted by Gasteiger charge is 2.68. The molecular formula is C32H32N2O5. The molecule has 4 atom stereocenters. The molecule has 2 aliphatic rings. The standard InChI is InChI=1S/C32H32N2O5/c1-3-22-11-8-12-23(4-2)28(22)34-29(36)26-25(18-15-20-9-6-5-7-10-20)33-32(31(38)39,27(26)30(34)37)19-21-13-16-24(35)17-14-21/h5-18,25-27,33,35H,3-4,19H2,1-2H3,(H,38,39)/b18-15+. The van der Waals surface area contributed by atoms with Crippen molar-refractivity contribution in [3.8, 4) is 5.75 Å². The third kappa shape index (κ3) is 4.53. The molecule has 3 aromatic carbocycles. The Morgan fingerprint density at radius 2 is 1.56 bits per heavy atom. The third-order valence-corrected chi connectivity index (χ3v) is 7.98. The number of amides is 2. The average Bonchev–Trinajstić information content (AvgIpc) is 3.41. The van der Waals surface area contributed by atoms with Crippen LogP contribution >= 0.6 is 0 Å². The second-order valence-corrected chi connectivity index (χ2v) is 10.2.